The van der Waals surface area contributed by atoms with Gasteiger partial charge in [0.05, 0.1) is 0 Å². The Bertz CT molecular complexity index is 446. The van der Waals surface area contributed by atoms with Crippen molar-refractivity contribution in [3.8, 4) is 0 Å². The van der Waals surface area contributed by atoms with Crippen molar-refractivity contribution in [1.82, 2.24) is 0 Å². The first-order chi connectivity index (χ1) is 7.27. The Labute approximate surface area is 93.0 Å². The molecular weight excluding hydrogens is 200 g/mol. The summed E-state index contributed by atoms with van der Waals surface area (Å²) in [6.45, 7) is 4.19. The van der Waals surface area contributed by atoms with Crippen LogP contribution in [0.3, 0.4) is 0 Å². The summed E-state index contributed by atoms with van der Waals surface area (Å²) >= 11 is 0. The second-order valence-electron chi connectivity index (χ2n) is 4.00. The van der Waals surface area contributed by atoms with E-state index in [-0.39, 0.29) is 0 Å². The largest absolute Gasteiger partial charge is 0.416 e. The lowest BCUT2D eigenvalue weighted by Gasteiger charge is -2.09. The Balaban J connectivity index is 2.34. The quantitative estimate of drug-likeness (QED) is 0.713. The molecule has 2 aromatic rings. The van der Waals surface area contributed by atoms with E-state index in [9.17, 15) is 0 Å². The van der Waals surface area contributed by atoms with E-state index < -0.39 is 9.76 Å². The summed E-state index contributed by atoms with van der Waals surface area (Å²) in [5, 5.41) is 4.07. The van der Waals surface area contributed by atoms with Crippen LogP contribution in [-0.2, 0) is 4.43 Å². The van der Waals surface area contributed by atoms with Crippen molar-refractivity contribution in [1.29, 1.82) is 0 Å². The van der Waals surface area contributed by atoms with Crippen molar-refractivity contribution >= 4 is 25.7 Å². The molecule has 0 fully saturated rings. The van der Waals surface area contributed by atoms with Crippen LogP contribution in [0.5, 0.6) is 0 Å². The lowest BCUT2D eigenvalue weighted by atomic mass is 10.1. The van der Waals surface area contributed by atoms with E-state index in [1.54, 1.807) is 0 Å². The van der Waals surface area contributed by atoms with Crippen LogP contribution in [0.2, 0.25) is 0 Å². The van der Waals surface area contributed by atoms with Gasteiger partial charge in [-0.25, -0.2) is 0 Å². The highest BCUT2D eigenvalue weighted by Gasteiger charge is 2.02. The van der Waals surface area contributed by atoms with Gasteiger partial charge in [-0.1, -0.05) is 42.5 Å². The lowest BCUT2D eigenvalue weighted by molar-refractivity contribution is 0.260. The molecule has 0 spiro atoms. The Kier molecular flexibility index (Phi) is 3.19. The minimum Gasteiger partial charge on any atom is -0.416 e. The summed E-state index contributed by atoms with van der Waals surface area (Å²) in [6.07, 6.45) is 0.343. The normalized spacial score (nSPS) is 11.9. The molecule has 78 valence electrons. The summed E-state index contributed by atoms with van der Waals surface area (Å²) in [7, 11) is -0.581. The Morgan fingerprint density at radius 1 is 1.00 bits per heavy atom. The van der Waals surface area contributed by atoms with E-state index in [1.807, 2.05) is 0 Å². The minimum atomic E-state index is -0.581. The molecule has 0 aliphatic carbocycles. The minimum absolute atomic E-state index is 0.343. The number of benzene rings is 2. The van der Waals surface area contributed by atoms with Crippen LogP contribution in [0.15, 0.2) is 42.5 Å². The maximum Gasteiger partial charge on any atom is 0.193 e. The first-order valence-corrected chi connectivity index (χ1v) is 6.64. The highest BCUT2D eigenvalue weighted by atomic mass is 28.2. The van der Waals surface area contributed by atoms with Crippen LogP contribution < -0.4 is 5.19 Å². The third-order valence-corrected chi connectivity index (χ3v) is 4.21. The van der Waals surface area contributed by atoms with Gasteiger partial charge in [0.2, 0.25) is 0 Å². The Hall–Kier alpha value is -1.12. The lowest BCUT2D eigenvalue weighted by Crippen LogP contribution is -2.21. The van der Waals surface area contributed by atoms with Gasteiger partial charge in [0.25, 0.3) is 0 Å². The SMILES string of the molecule is CC(C)O[SiH2]c1cccc2ccccc12. The van der Waals surface area contributed by atoms with Crippen molar-refractivity contribution in [3.63, 3.8) is 0 Å². The molecule has 0 bridgehead atoms. The summed E-state index contributed by atoms with van der Waals surface area (Å²) in [4.78, 5) is 0. The topological polar surface area (TPSA) is 9.23 Å². The summed E-state index contributed by atoms with van der Waals surface area (Å²) in [5.74, 6) is 0. The highest BCUT2D eigenvalue weighted by Crippen LogP contribution is 2.10. The Morgan fingerprint density at radius 3 is 2.53 bits per heavy atom. The smallest absolute Gasteiger partial charge is 0.193 e. The molecule has 2 rings (SSSR count). The van der Waals surface area contributed by atoms with Crippen molar-refractivity contribution in [2.75, 3.05) is 0 Å². The molecule has 0 N–H and O–H groups in total. The number of hydrogen-bond acceptors (Lipinski definition) is 1. The van der Waals surface area contributed by atoms with Gasteiger partial charge in [0.15, 0.2) is 9.76 Å². The zero-order valence-corrected chi connectivity index (χ0v) is 10.6. The molecule has 0 aliphatic rings. The van der Waals surface area contributed by atoms with Crippen LogP contribution in [0.4, 0.5) is 0 Å². The monoisotopic (exact) mass is 216 g/mol. The predicted octanol–water partition coefficient (Wildman–Crippen LogP) is 1.97. The van der Waals surface area contributed by atoms with Crippen LogP contribution in [-0.4, -0.2) is 15.9 Å². The molecule has 0 radical (unpaired) electrons. The molecule has 1 nitrogen and oxygen atoms in total. The summed E-state index contributed by atoms with van der Waals surface area (Å²) < 4.78 is 5.77. The van der Waals surface area contributed by atoms with Gasteiger partial charge >= 0.3 is 0 Å². The number of rotatable bonds is 3. The first-order valence-electron chi connectivity index (χ1n) is 5.35. The van der Waals surface area contributed by atoms with Gasteiger partial charge in [-0.05, 0) is 29.8 Å². The number of fused-ring (bicyclic) bond motifs is 1. The molecule has 0 saturated heterocycles. The average Bonchev–Trinajstić information content (AvgIpc) is 2.26. The molecule has 0 heterocycles. The Morgan fingerprint density at radius 2 is 1.73 bits per heavy atom. The first kappa shape index (κ1) is 10.4. The van der Waals surface area contributed by atoms with E-state index in [0.717, 1.165) is 0 Å². The van der Waals surface area contributed by atoms with E-state index >= 15 is 0 Å². The highest BCUT2D eigenvalue weighted by molar-refractivity contribution is 6.51. The molecule has 2 heteroatoms. The fourth-order valence-electron chi connectivity index (χ4n) is 1.67. The van der Waals surface area contributed by atoms with Gasteiger partial charge < -0.3 is 4.43 Å². The maximum atomic E-state index is 5.77. The molecule has 0 unspecified atom stereocenters. The molecule has 2 aromatic carbocycles. The van der Waals surface area contributed by atoms with Crippen LogP contribution in [0, 0.1) is 0 Å². The third kappa shape index (κ3) is 2.46. The van der Waals surface area contributed by atoms with Gasteiger partial charge in [-0.15, -0.1) is 0 Å². The standard InChI is InChI=1S/C13H16OSi/c1-10(2)14-15-13-9-5-7-11-6-3-4-8-12(11)13/h3-10H,15H2,1-2H3. The van der Waals surface area contributed by atoms with Gasteiger partial charge in [0.1, 0.15) is 0 Å². The second-order valence-corrected chi connectivity index (χ2v) is 5.38. The fourth-order valence-corrected chi connectivity index (χ4v) is 2.90. The van der Waals surface area contributed by atoms with E-state index in [1.165, 1.54) is 16.0 Å². The van der Waals surface area contributed by atoms with E-state index in [0.29, 0.717) is 6.10 Å². The predicted molar refractivity (Wildman–Crippen MR) is 68.3 cm³/mol. The van der Waals surface area contributed by atoms with Gasteiger partial charge in [0, 0.05) is 6.10 Å². The maximum absolute atomic E-state index is 5.77. The zero-order chi connectivity index (χ0) is 10.7. The number of hydrogen-bond donors (Lipinski definition) is 0. The zero-order valence-electron chi connectivity index (χ0n) is 9.23. The van der Waals surface area contributed by atoms with Crippen LogP contribution >= 0.6 is 0 Å². The van der Waals surface area contributed by atoms with Crippen molar-refractivity contribution in [3.05, 3.63) is 42.5 Å². The fraction of sp³-hybridized carbons (Fsp3) is 0.231. The summed E-state index contributed by atoms with van der Waals surface area (Å²) in [6, 6.07) is 15.0. The van der Waals surface area contributed by atoms with Crippen molar-refractivity contribution in [2.24, 2.45) is 0 Å². The van der Waals surface area contributed by atoms with Crippen molar-refractivity contribution < 1.29 is 4.43 Å². The van der Waals surface area contributed by atoms with E-state index in [4.69, 9.17) is 4.43 Å². The van der Waals surface area contributed by atoms with E-state index in [2.05, 4.69) is 56.3 Å². The van der Waals surface area contributed by atoms with Gasteiger partial charge in [-0.2, -0.15) is 0 Å². The van der Waals surface area contributed by atoms with Crippen LogP contribution in [0.1, 0.15) is 13.8 Å². The third-order valence-electron chi connectivity index (χ3n) is 2.45. The molecule has 0 saturated carbocycles. The molecule has 0 aliphatic heterocycles. The molecule has 0 atom stereocenters. The molecule has 15 heavy (non-hydrogen) atoms. The molecule has 0 amide bonds. The molecular formula is C13H16OSi. The van der Waals surface area contributed by atoms with Gasteiger partial charge in [-0.3, -0.25) is 0 Å². The van der Waals surface area contributed by atoms with Crippen LogP contribution in [0.25, 0.3) is 10.8 Å². The summed E-state index contributed by atoms with van der Waals surface area (Å²) in [5.41, 5.74) is 0. The van der Waals surface area contributed by atoms with Crippen molar-refractivity contribution in [2.45, 2.75) is 20.0 Å². The molecule has 0 aromatic heterocycles. The average molecular weight is 216 g/mol. The second kappa shape index (κ2) is 4.60.